The fraction of sp³-hybridized carbons (Fsp3) is 0.727. The van der Waals surface area contributed by atoms with Crippen molar-refractivity contribution in [1.29, 1.82) is 0 Å². The van der Waals surface area contributed by atoms with Gasteiger partial charge >= 0.3 is 0 Å². The van der Waals surface area contributed by atoms with Crippen LogP contribution in [-0.2, 0) is 0 Å². The highest BCUT2D eigenvalue weighted by Crippen LogP contribution is 2.32. The molecule has 2 nitrogen and oxygen atoms in total. The van der Waals surface area contributed by atoms with Gasteiger partial charge < -0.3 is 0 Å². The van der Waals surface area contributed by atoms with E-state index in [0.717, 1.165) is 11.3 Å². The van der Waals surface area contributed by atoms with Gasteiger partial charge in [-0.1, -0.05) is 82.9 Å². The second-order valence-corrected chi connectivity index (χ2v) is 9.51. The lowest BCUT2D eigenvalue weighted by Crippen LogP contribution is -2.19. The summed E-state index contributed by atoms with van der Waals surface area (Å²) in [7, 11) is 2.46. The standard InChI is InChI=1S/C22H32BN2S/c1-3-7-11-17(12-8-4-1)19-15-21-20(16-24-19)25-22(26-21)23-18-13-9-5-2-6-10-14-18/h15-18H,1-14H2. The maximum absolute atomic E-state index is 4.88. The molecule has 139 valence electrons. The number of nitrogens with zero attached hydrogens (tertiary/aromatic N) is 2. The summed E-state index contributed by atoms with van der Waals surface area (Å²) in [5, 5.41) is 0. The Hall–Kier alpha value is -0.895. The minimum Gasteiger partial charge on any atom is -0.259 e. The van der Waals surface area contributed by atoms with E-state index < -0.39 is 0 Å². The molecule has 2 aliphatic rings. The summed E-state index contributed by atoms with van der Waals surface area (Å²) in [5.41, 5.74) is 2.42. The van der Waals surface area contributed by atoms with Gasteiger partial charge in [0.2, 0.25) is 0 Å². The summed E-state index contributed by atoms with van der Waals surface area (Å²) in [6, 6.07) is 2.36. The Morgan fingerprint density at radius 1 is 0.808 bits per heavy atom. The molecule has 2 heterocycles. The van der Waals surface area contributed by atoms with E-state index in [1.165, 1.54) is 105 Å². The topological polar surface area (TPSA) is 25.8 Å². The van der Waals surface area contributed by atoms with Crippen molar-refractivity contribution >= 4 is 33.7 Å². The molecule has 2 aromatic heterocycles. The summed E-state index contributed by atoms with van der Waals surface area (Å²) >= 11 is 1.88. The first kappa shape index (κ1) is 18.5. The van der Waals surface area contributed by atoms with Crippen LogP contribution in [0.3, 0.4) is 0 Å². The predicted octanol–water partition coefficient (Wildman–Crippen LogP) is 6.38. The molecule has 0 aromatic carbocycles. The molecular formula is C22H32BN2S. The zero-order valence-corrected chi connectivity index (χ0v) is 16.9. The van der Waals surface area contributed by atoms with Gasteiger partial charge in [0.15, 0.2) is 7.28 Å². The SMILES string of the molecule is [B](c1nc2cnc(C3CCCCCCC3)cc2s1)C1CCCCCCC1. The van der Waals surface area contributed by atoms with E-state index >= 15 is 0 Å². The first-order valence-corrected chi connectivity index (χ1v) is 11.8. The van der Waals surface area contributed by atoms with Crippen LogP contribution in [0.2, 0.25) is 5.82 Å². The summed E-state index contributed by atoms with van der Waals surface area (Å²) in [5.74, 6) is 1.40. The van der Waals surface area contributed by atoms with Crippen molar-refractivity contribution in [1.82, 2.24) is 9.97 Å². The highest BCUT2D eigenvalue weighted by molar-refractivity contribution is 7.26. The van der Waals surface area contributed by atoms with Gasteiger partial charge in [0.05, 0.1) is 16.4 Å². The Labute approximate surface area is 163 Å². The summed E-state index contributed by atoms with van der Waals surface area (Å²) in [6.07, 6.45) is 21.4. The molecular weight excluding hydrogens is 335 g/mol. The minimum atomic E-state index is 0.667. The fourth-order valence-corrected chi connectivity index (χ4v) is 5.78. The summed E-state index contributed by atoms with van der Waals surface area (Å²) in [4.78, 5) is 10.9. The van der Waals surface area contributed by atoms with Gasteiger partial charge in [0.1, 0.15) is 0 Å². The zero-order valence-electron chi connectivity index (χ0n) is 16.1. The first-order chi connectivity index (χ1) is 12.9. The van der Waals surface area contributed by atoms with Crippen LogP contribution >= 0.6 is 11.3 Å². The number of pyridine rings is 1. The third-order valence-electron chi connectivity index (χ3n) is 6.36. The van der Waals surface area contributed by atoms with Gasteiger partial charge in [-0.15, -0.1) is 11.3 Å². The molecule has 26 heavy (non-hydrogen) atoms. The lowest BCUT2D eigenvalue weighted by Gasteiger charge is -2.18. The molecule has 0 unspecified atom stereocenters. The number of rotatable bonds is 3. The van der Waals surface area contributed by atoms with Crippen LogP contribution in [0.1, 0.15) is 102 Å². The van der Waals surface area contributed by atoms with E-state index in [0.29, 0.717) is 5.92 Å². The molecule has 0 aliphatic heterocycles. The largest absolute Gasteiger partial charge is 0.259 e. The average Bonchev–Trinajstić information content (AvgIpc) is 2.98. The van der Waals surface area contributed by atoms with Gasteiger partial charge in [-0.05, 0) is 18.9 Å². The van der Waals surface area contributed by atoms with Crippen molar-refractivity contribution in [2.24, 2.45) is 0 Å². The second-order valence-electron chi connectivity index (χ2n) is 8.44. The van der Waals surface area contributed by atoms with E-state index in [4.69, 9.17) is 9.97 Å². The van der Waals surface area contributed by atoms with Crippen LogP contribution in [0.5, 0.6) is 0 Å². The van der Waals surface area contributed by atoms with E-state index in [-0.39, 0.29) is 0 Å². The van der Waals surface area contributed by atoms with Crippen molar-refractivity contribution < 1.29 is 0 Å². The highest BCUT2D eigenvalue weighted by Gasteiger charge is 2.19. The lowest BCUT2D eigenvalue weighted by atomic mass is 9.60. The Balaban J connectivity index is 1.46. The minimum absolute atomic E-state index is 0.667. The zero-order chi connectivity index (χ0) is 17.6. The maximum atomic E-state index is 4.88. The van der Waals surface area contributed by atoms with Gasteiger partial charge in [0.25, 0.3) is 0 Å². The smallest absolute Gasteiger partial charge is 0.195 e. The molecule has 0 bridgehead atoms. The van der Waals surface area contributed by atoms with Crippen LogP contribution in [0.15, 0.2) is 12.3 Å². The van der Waals surface area contributed by atoms with Crippen molar-refractivity contribution in [3.05, 3.63) is 18.0 Å². The molecule has 1 radical (unpaired) electrons. The average molecular weight is 367 g/mol. The van der Waals surface area contributed by atoms with E-state index in [9.17, 15) is 0 Å². The van der Waals surface area contributed by atoms with Crippen LogP contribution in [-0.4, -0.2) is 17.2 Å². The predicted molar refractivity (Wildman–Crippen MR) is 114 cm³/mol. The van der Waals surface area contributed by atoms with Crippen LogP contribution in [0, 0.1) is 0 Å². The molecule has 2 saturated carbocycles. The molecule has 0 spiro atoms. The Kier molecular flexibility index (Phi) is 6.64. The summed E-state index contributed by atoms with van der Waals surface area (Å²) in [6.45, 7) is 0. The molecule has 4 heteroatoms. The Bertz CT molecular complexity index is 683. The number of hydrogen-bond acceptors (Lipinski definition) is 3. The highest BCUT2D eigenvalue weighted by atomic mass is 32.1. The van der Waals surface area contributed by atoms with Gasteiger partial charge in [-0.25, -0.2) is 0 Å². The van der Waals surface area contributed by atoms with E-state index in [1.54, 1.807) is 0 Å². The summed E-state index contributed by atoms with van der Waals surface area (Å²) < 4.78 is 1.34. The third kappa shape index (κ3) is 4.88. The molecule has 0 amide bonds. The Morgan fingerprint density at radius 3 is 2.12 bits per heavy atom. The quantitative estimate of drug-likeness (QED) is 0.588. The van der Waals surface area contributed by atoms with Gasteiger partial charge in [-0.3, -0.25) is 9.97 Å². The third-order valence-corrected chi connectivity index (χ3v) is 7.35. The lowest BCUT2D eigenvalue weighted by molar-refractivity contribution is 0.450. The molecule has 2 aliphatic carbocycles. The molecule has 0 saturated heterocycles. The second kappa shape index (κ2) is 9.35. The Morgan fingerprint density at radius 2 is 1.42 bits per heavy atom. The fourth-order valence-electron chi connectivity index (χ4n) is 4.77. The van der Waals surface area contributed by atoms with E-state index in [2.05, 4.69) is 13.3 Å². The van der Waals surface area contributed by atoms with Crippen LogP contribution < -0.4 is 4.91 Å². The number of aromatic nitrogens is 2. The number of hydrogen-bond donors (Lipinski definition) is 0. The first-order valence-electron chi connectivity index (χ1n) is 11.0. The molecule has 2 aromatic rings. The van der Waals surface area contributed by atoms with Crippen molar-refractivity contribution in [2.45, 2.75) is 102 Å². The van der Waals surface area contributed by atoms with Gasteiger partial charge in [0, 0.05) is 16.5 Å². The van der Waals surface area contributed by atoms with Crippen molar-refractivity contribution in [3.8, 4) is 0 Å². The monoisotopic (exact) mass is 367 g/mol. The maximum Gasteiger partial charge on any atom is 0.195 e. The van der Waals surface area contributed by atoms with Crippen LogP contribution in [0.4, 0.5) is 0 Å². The number of fused-ring (bicyclic) bond motifs is 1. The van der Waals surface area contributed by atoms with Gasteiger partial charge in [-0.2, -0.15) is 0 Å². The molecule has 2 fully saturated rings. The van der Waals surface area contributed by atoms with Crippen molar-refractivity contribution in [3.63, 3.8) is 0 Å². The van der Waals surface area contributed by atoms with Crippen molar-refractivity contribution in [2.75, 3.05) is 0 Å². The van der Waals surface area contributed by atoms with E-state index in [1.807, 2.05) is 17.5 Å². The molecule has 0 N–H and O–H groups in total. The molecule has 4 rings (SSSR count). The van der Waals surface area contributed by atoms with Crippen LogP contribution in [0.25, 0.3) is 10.2 Å². The number of thiazole rings is 1. The molecule has 0 atom stereocenters. The normalized spacial score (nSPS) is 21.7.